The molecule has 25 heavy (non-hydrogen) atoms. The molecule has 3 aromatic rings. The highest BCUT2D eigenvalue weighted by Crippen LogP contribution is 2.30. The lowest BCUT2D eigenvalue weighted by Crippen LogP contribution is -2.34. The van der Waals surface area contributed by atoms with Gasteiger partial charge in [-0.1, -0.05) is 48.0 Å². The van der Waals surface area contributed by atoms with Gasteiger partial charge in [0, 0.05) is 27.9 Å². The molecule has 1 saturated heterocycles. The summed E-state index contributed by atoms with van der Waals surface area (Å²) in [4.78, 5) is 0. The third kappa shape index (κ3) is 3.58. The molecule has 2 heterocycles. The zero-order chi connectivity index (χ0) is 17.1. The largest absolute Gasteiger partial charge is 0.376 e. The number of aromatic nitrogens is 2. The van der Waals surface area contributed by atoms with E-state index in [0.717, 1.165) is 27.8 Å². The molecule has 0 unspecified atom stereocenters. The molecule has 128 valence electrons. The molecule has 1 N–H and O–H groups in total. The third-order valence-corrected chi connectivity index (χ3v) is 4.44. The summed E-state index contributed by atoms with van der Waals surface area (Å²) in [6, 6.07) is 15.7. The van der Waals surface area contributed by atoms with Crippen LogP contribution in [0.4, 0.5) is 5.82 Å². The maximum atomic E-state index is 5.99. The lowest BCUT2D eigenvalue weighted by molar-refractivity contribution is -0.0819. The van der Waals surface area contributed by atoms with Gasteiger partial charge in [0.25, 0.3) is 0 Å². The van der Waals surface area contributed by atoms with Crippen LogP contribution < -0.4 is 5.32 Å². The fourth-order valence-corrected chi connectivity index (χ4v) is 3.05. The molecule has 4 rings (SSSR count). The molecule has 1 fully saturated rings. The molecular formula is C19H18ClN3O2. The summed E-state index contributed by atoms with van der Waals surface area (Å²) in [5, 5.41) is 15.0. The molecule has 0 radical (unpaired) electrons. The van der Waals surface area contributed by atoms with Crippen molar-refractivity contribution in [3.05, 3.63) is 53.6 Å². The summed E-state index contributed by atoms with van der Waals surface area (Å²) in [7, 11) is 0. The van der Waals surface area contributed by atoms with Gasteiger partial charge in [-0.2, -0.15) is 0 Å². The van der Waals surface area contributed by atoms with Gasteiger partial charge in [0.15, 0.2) is 5.82 Å². The maximum Gasteiger partial charge on any atom is 0.156 e. The first-order valence-corrected chi connectivity index (χ1v) is 8.63. The standard InChI is InChI=1S/C19H18ClN3O2/c20-14-7-5-13(6-8-14)18-16-3-1-2-4-17(16)19(23-22-18)21-11-15-12-24-9-10-25-15/h1-8,15H,9-12H2,(H,21,23)/t15-/m0/s1. The number of hydrogen-bond donors (Lipinski definition) is 1. The molecule has 6 heteroatoms. The number of nitrogens with zero attached hydrogens (tertiary/aromatic N) is 2. The van der Waals surface area contributed by atoms with Gasteiger partial charge in [-0.15, -0.1) is 10.2 Å². The fraction of sp³-hybridized carbons (Fsp3) is 0.263. The van der Waals surface area contributed by atoms with Crippen molar-refractivity contribution in [2.24, 2.45) is 0 Å². The van der Waals surface area contributed by atoms with E-state index in [1.165, 1.54) is 0 Å². The van der Waals surface area contributed by atoms with Crippen molar-refractivity contribution in [2.45, 2.75) is 6.10 Å². The quantitative estimate of drug-likeness (QED) is 0.772. The number of fused-ring (bicyclic) bond motifs is 1. The zero-order valence-corrected chi connectivity index (χ0v) is 14.4. The third-order valence-electron chi connectivity index (χ3n) is 4.19. The normalized spacial score (nSPS) is 17.6. The Morgan fingerprint density at radius 3 is 2.56 bits per heavy atom. The van der Waals surface area contributed by atoms with E-state index in [1.54, 1.807) is 0 Å². The van der Waals surface area contributed by atoms with Gasteiger partial charge in [-0.05, 0) is 12.1 Å². The minimum Gasteiger partial charge on any atom is -0.376 e. The second kappa shape index (κ2) is 7.35. The Morgan fingerprint density at radius 2 is 1.80 bits per heavy atom. The summed E-state index contributed by atoms with van der Waals surface area (Å²) in [6.45, 7) is 2.53. The fourth-order valence-electron chi connectivity index (χ4n) is 2.92. The van der Waals surface area contributed by atoms with Gasteiger partial charge >= 0.3 is 0 Å². The molecular weight excluding hydrogens is 338 g/mol. The van der Waals surface area contributed by atoms with E-state index in [2.05, 4.69) is 21.6 Å². The van der Waals surface area contributed by atoms with Gasteiger partial charge in [-0.25, -0.2) is 0 Å². The van der Waals surface area contributed by atoms with E-state index in [1.807, 2.05) is 42.5 Å². The minimum absolute atomic E-state index is 0.0326. The van der Waals surface area contributed by atoms with Crippen molar-refractivity contribution in [3.8, 4) is 11.3 Å². The smallest absolute Gasteiger partial charge is 0.156 e. The first kappa shape index (κ1) is 16.3. The van der Waals surface area contributed by atoms with Crippen molar-refractivity contribution in [2.75, 3.05) is 31.7 Å². The van der Waals surface area contributed by atoms with Crippen LogP contribution in [-0.4, -0.2) is 42.7 Å². The molecule has 0 aliphatic carbocycles. The molecule has 0 saturated carbocycles. The van der Waals surface area contributed by atoms with Gasteiger partial charge in [-0.3, -0.25) is 0 Å². The van der Waals surface area contributed by atoms with Crippen molar-refractivity contribution in [1.29, 1.82) is 0 Å². The van der Waals surface area contributed by atoms with Gasteiger partial charge in [0.2, 0.25) is 0 Å². The number of halogens is 1. The van der Waals surface area contributed by atoms with Crippen molar-refractivity contribution >= 4 is 28.2 Å². The monoisotopic (exact) mass is 355 g/mol. The van der Waals surface area contributed by atoms with Gasteiger partial charge < -0.3 is 14.8 Å². The predicted molar refractivity (Wildman–Crippen MR) is 99.0 cm³/mol. The molecule has 1 aromatic heterocycles. The number of anilines is 1. The Kier molecular flexibility index (Phi) is 4.78. The second-order valence-corrected chi connectivity index (χ2v) is 6.33. The summed E-state index contributed by atoms with van der Waals surface area (Å²) in [5.74, 6) is 0.752. The summed E-state index contributed by atoms with van der Waals surface area (Å²) in [6.07, 6.45) is 0.0326. The molecule has 1 aliphatic heterocycles. The molecule has 2 aromatic carbocycles. The Morgan fingerprint density at radius 1 is 1.00 bits per heavy atom. The summed E-state index contributed by atoms with van der Waals surface area (Å²) >= 11 is 5.99. The van der Waals surface area contributed by atoms with Crippen LogP contribution in [0.2, 0.25) is 5.02 Å². The number of benzene rings is 2. The first-order valence-electron chi connectivity index (χ1n) is 8.26. The van der Waals surface area contributed by atoms with E-state index in [4.69, 9.17) is 21.1 Å². The second-order valence-electron chi connectivity index (χ2n) is 5.90. The summed E-state index contributed by atoms with van der Waals surface area (Å²) in [5.41, 5.74) is 1.83. The number of nitrogens with one attached hydrogen (secondary N) is 1. The highest BCUT2D eigenvalue weighted by molar-refractivity contribution is 6.30. The Hall–Kier alpha value is -2.21. The predicted octanol–water partition coefficient (Wildman–Crippen LogP) is 3.78. The van der Waals surface area contributed by atoms with Crippen LogP contribution in [0, 0.1) is 0 Å². The van der Waals surface area contributed by atoms with Crippen LogP contribution in [0.25, 0.3) is 22.0 Å². The SMILES string of the molecule is Clc1ccc(-c2nnc(NC[C@H]3COCCO3)c3ccccc23)cc1. The van der Waals surface area contributed by atoms with E-state index >= 15 is 0 Å². The molecule has 1 aliphatic rings. The number of rotatable bonds is 4. The topological polar surface area (TPSA) is 56.3 Å². The Bertz CT molecular complexity index is 864. The molecule has 0 bridgehead atoms. The molecule has 1 atom stereocenters. The van der Waals surface area contributed by atoms with Crippen molar-refractivity contribution in [3.63, 3.8) is 0 Å². The first-order chi connectivity index (χ1) is 12.3. The van der Waals surface area contributed by atoms with Gasteiger partial charge in [0.05, 0.1) is 25.9 Å². The van der Waals surface area contributed by atoms with E-state index in [9.17, 15) is 0 Å². The molecule has 0 spiro atoms. The van der Waals surface area contributed by atoms with Crippen LogP contribution in [0.5, 0.6) is 0 Å². The lowest BCUT2D eigenvalue weighted by Gasteiger charge is -2.23. The Labute approximate surface area is 150 Å². The van der Waals surface area contributed by atoms with Crippen LogP contribution in [0.3, 0.4) is 0 Å². The summed E-state index contributed by atoms with van der Waals surface area (Å²) < 4.78 is 11.1. The van der Waals surface area contributed by atoms with Crippen LogP contribution in [0.15, 0.2) is 48.5 Å². The maximum absolute atomic E-state index is 5.99. The Balaban J connectivity index is 1.65. The number of hydrogen-bond acceptors (Lipinski definition) is 5. The number of ether oxygens (including phenoxy) is 2. The average Bonchev–Trinajstić information content (AvgIpc) is 2.68. The van der Waals surface area contributed by atoms with Crippen molar-refractivity contribution in [1.82, 2.24) is 10.2 Å². The van der Waals surface area contributed by atoms with Crippen LogP contribution >= 0.6 is 11.6 Å². The van der Waals surface area contributed by atoms with E-state index < -0.39 is 0 Å². The van der Waals surface area contributed by atoms with Gasteiger partial charge in [0.1, 0.15) is 5.69 Å². The molecule has 5 nitrogen and oxygen atoms in total. The minimum atomic E-state index is 0.0326. The van der Waals surface area contributed by atoms with E-state index in [-0.39, 0.29) is 6.10 Å². The highest BCUT2D eigenvalue weighted by Gasteiger charge is 2.16. The average molecular weight is 356 g/mol. The lowest BCUT2D eigenvalue weighted by atomic mass is 10.0. The van der Waals surface area contributed by atoms with Crippen molar-refractivity contribution < 1.29 is 9.47 Å². The highest BCUT2D eigenvalue weighted by atomic mass is 35.5. The van der Waals surface area contributed by atoms with Crippen LogP contribution in [-0.2, 0) is 9.47 Å². The van der Waals surface area contributed by atoms with E-state index in [0.29, 0.717) is 31.4 Å². The molecule has 0 amide bonds. The zero-order valence-electron chi connectivity index (χ0n) is 13.6. The van der Waals surface area contributed by atoms with Crippen LogP contribution in [0.1, 0.15) is 0 Å².